The molecule has 4 unspecified atom stereocenters. The smallest absolute Gasteiger partial charge is 0.225 e. The normalized spacial score (nSPS) is 30.8. The first-order chi connectivity index (χ1) is 10.5. The summed E-state index contributed by atoms with van der Waals surface area (Å²) in [5, 5.41) is 0. The first-order valence-corrected chi connectivity index (χ1v) is 8.36. The number of halogens is 2. The van der Waals surface area contributed by atoms with E-state index >= 15 is 0 Å². The van der Waals surface area contributed by atoms with E-state index in [-0.39, 0.29) is 42.1 Å². The van der Waals surface area contributed by atoms with Gasteiger partial charge in [-0.1, -0.05) is 18.6 Å². The van der Waals surface area contributed by atoms with Crippen molar-refractivity contribution in [3.63, 3.8) is 0 Å². The third-order valence-corrected chi connectivity index (χ3v) is 5.26. The Kier molecular flexibility index (Phi) is 6.04. The molecule has 4 atom stereocenters. The molecule has 0 spiro atoms. The van der Waals surface area contributed by atoms with Crippen LogP contribution in [0.3, 0.4) is 0 Å². The zero-order chi connectivity index (χ0) is 15.7. The Morgan fingerprint density at radius 1 is 1.22 bits per heavy atom. The molecule has 2 N–H and O–H groups in total. The van der Waals surface area contributed by atoms with E-state index in [1.165, 1.54) is 12.1 Å². The summed E-state index contributed by atoms with van der Waals surface area (Å²) in [7, 11) is 0. The lowest BCUT2D eigenvalue weighted by Gasteiger charge is -2.31. The summed E-state index contributed by atoms with van der Waals surface area (Å²) in [5.74, 6) is 0.473. The Balaban J connectivity index is 0.00000192. The number of amides is 1. The molecule has 23 heavy (non-hydrogen) atoms. The highest BCUT2D eigenvalue weighted by molar-refractivity contribution is 5.85. The minimum atomic E-state index is -0.209. The Labute approximate surface area is 143 Å². The van der Waals surface area contributed by atoms with Crippen molar-refractivity contribution in [2.75, 3.05) is 6.54 Å². The Morgan fingerprint density at radius 3 is 2.57 bits per heavy atom. The fourth-order valence-electron chi connectivity index (χ4n) is 4.00. The van der Waals surface area contributed by atoms with Gasteiger partial charge in [-0.2, -0.15) is 0 Å². The van der Waals surface area contributed by atoms with Gasteiger partial charge in [-0.15, -0.1) is 12.4 Å². The number of nitrogens with zero attached hydrogens (tertiary/aromatic N) is 1. The standard InChI is InChI=1S/C18H25FN2O.ClH/c1-12-9-15(13-5-7-16(19)8-6-13)11-21(12)18(22)14-3-2-4-17(20)10-14;/h5-8,12,14-15,17H,2-4,9-11,20H2,1H3;1H. The molecule has 1 aliphatic heterocycles. The number of carbonyl (C=O) groups excluding carboxylic acids is 1. The van der Waals surface area contributed by atoms with Crippen LogP contribution >= 0.6 is 12.4 Å². The third kappa shape index (κ3) is 4.04. The molecule has 3 nitrogen and oxygen atoms in total. The number of hydrogen-bond acceptors (Lipinski definition) is 2. The molecule has 5 heteroatoms. The number of rotatable bonds is 2. The van der Waals surface area contributed by atoms with Crippen molar-refractivity contribution in [2.24, 2.45) is 11.7 Å². The molecular formula is C18H26ClFN2O. The first-order valence-electron chi connectivity index (χ1n) is 8.36. The van der Waals surface area contributed by atoms with E-state index in [1.54, 1.807) is 0 Å². The molecule has 2 fully saturated rings. The quantitative estimate of drug-likeness (QED) is 0.896. The van der Waals surface area contributed by atoms with Crippen molar-refractivity contribution in [3.05, 3.63) is 35.6 Å². The topological polar surface area (TPSA) is 46.3 Å². The van der Waals surface area contributed by atoms with Crippen LogP contribution in [0.1, 0.15) is 50.5 Å². The molecule has 1 aliphatic carbocycles. The van der Waals surface area contributed by atoms with Crippen LogP contribution in [0.2, 0.25) is 0 Å². The highest BCUT2D eigenvalue weighted by Crippen LogP contribution is 2.34. The maximum atomic E-state index is 13.1. The van der Waals surface area contributed by atoms with Gasteiger partial charge in [-0.3, -0.25) is 4.79 Å². The zero-order valence-electron chi connectivity index (χ0n) is 13.6. The van der Waals surface area contributed by atoms with Crippen molar-refractivity contribution in [1.82, 2.24) is 4.90 Å². The van der Waals surface area contributed by atoms with Crippen LogP contribution in [-0.2, 0) is 4.79 Å². The summed E-state index contributed by atoms with van der Waals surface area (Å²) in [6, 6.07) is 7.12. The summed E-state index contributed by atoms with van der Waals surface area (Å²) in [4.78, 5) is 14.8. The molecule has 1 saturated heterocycles. The molecule has 0 radical (unpaired) electrons. The van der Waals surface area contributed by atoms with Crippen LogP contribution in [0, 0.1) is 11.7 Å². The van der Waals surface area contributed by atoms with Gasteiger partial charge in [0, 0.05) is 30.5 Å². The predicted molar refractivity (Wildman–Crippen MR) is 92.1 cm³/mol. The molecular weight excluding hydrogens is 315 g/mol. The lowest BCUT2D eigenvalue weighted by Crippen LogP contribution is -2.42. The molecule has 3 rings (SSSR count). The van der Waals surface area contributed by atoms with Gasteiger partial charge in [-0.25, -0.2) is 4.39 Å². The highest BCUT2D eigenvalue weighted by Gasteiger charge is 2.37. The average molecular weight is 341 g/mol. The summed E-state index contributed by atoms with van der Waals surface area (Å²) < 4.78 is 13.1. The van der Waals surface area contributed by atoms with Crippen LogP contribution in [0.5, 0.6) is 0 Å². The van der Waals surface area contributed by atoms with Crippen LogP contribution < -0.4 is 5.73 Å². The summed E-state index contributed by atoms with van der Waals surface area (Å²) >= 11 is 0. The van der Waals surface area contributed by atoms with E-state index in [9.17, 15) is 9.18 Å². The monoisotopic (exact) mass is 340 g/mol. The molecule has 1 amide bonds. The van der Waals surface area contributed by atoms with Crippen molar-refractivity contribution in [3.8, 4) is 0 Å². The highest BCUT2D eigenvalue weighted by atomic mass is 35.5. The van der Waals surface area contributed by atoms with Crippen molar-refractivity contribution >= 4 is 18.3 Å². The minimum Gasteiger partial charge on any atom is -0.339 e. The van der Waals surface area contributed by atoms with Gasteiger partial charge >= 0.3 is 0 Å². The summed E-state index contributed by atoms with van der Waals surface area (Å²) in [5.41, 5.74) is 7.15. The average Bonchev–Trinajstić information content (AvgIpc) is 2.89. The minimum absolute atomic E-state index is 0. The SMILES string of the molecule is CC1CC(c2ccc(F)cc2)CN1C(=O)C1CCCC(N)C1.Cl. The maximum Gasteiger partial charge on any atom is 0.225 e. The number of likely N-dealkylation sites (tertiary alicyclic amines) is 1. The van der Waals surface area contributed by atoms with E-state index in [0.29, 0.717) is 5.92 Å². The van der Waals surface area contributed by atoms with Gasteiger partial charge in [0.1, 0.15) is 5.82 Å². The molecule has 0 bridgehead atoms. The van der Waals surface area contributed by atoms with Crippen molar-refractivity contribution in [1.29, 1.82) is 0 Å². The fourth-order valence-corrected chi connectivity index (χ4v) is 4.00. The summed E-state index contributed by atoms with van der Waals surface area (Å²) in [6.07, 6.45) is 4.84. The molecule has 1 saturated carbocycles. The van der Waals surface area contributed by atoms with Crippen LogP contribution in [0.25, 0.3) is 0 Å². The second kappa shape index (κ2) is 7.63. The van der Waals surface area contributed by atoms with Gasteiger partial charge < -0.3 is 10.6 Å². The van der Waals surface area contributed by atoms with Gasteiger partial charge in [0.05, 0.1) is 0 Å². The number of nitrogens with two attached hydrogens (primary N) is 1. The predicted octanol–water partition coefficient (Wildman–Crippen LogP) is 3.47. The maximum absolute atomic E-state index is 13.1. The Bertz CT molecular complexity index is 536. The van der Waals surface area contributed by atoms with Gasteiger partial charge in [0.2, 0.25) is 5.91 Å². The van der Waals surface area contributed by atoms with E-state index < -0.39 is 0 Å². The van der Waals surface area contributed by atoms with E-state index in [4.69, 9.17) is 5.73 Å². The molecule has 128 valence electrons. The zero-order valence-corrected chi connectivity index (χ0v) is 14.4. The number of benzene rings is 1. The first kappa shape index (κ1) is 18.2. The second-order valence-electron chi connectivity index (χ2n) is 6.95. The molecule has 0 aromatic heterocycles. The van der Waals surface area contributed by atoms with Crippen LogP contribution in [-0.4, -0.2) is 29.4 Å². The van der Waals surface area contributed by atoms with E-state index in [1.807, 2.05) is 17.0 Å². The van der Waals surface area contributed by atoms with Crippen LogP contribution in [0.4, 0.5) is 4.39 Å². The molecule has 1 heterocycles. The molecule has 1 aromatic rings. The third-order valence-electron chi connectivity index (χ3n) is 5.26. The van der Waals surface area contributed by atoms with Crippen LogP contribution in [0.15, 0.2) is 24.3 Å². The molecule has 2 aliphatic rings. The number of hydrogen-bond donors (Lipinski definition) is 1. The van der Waals surface area contributed by atoms with Gasteiger partial charge in [0.15, 0.2) is 0 Å². The van der Waals surface area contributed by atoms with Crippen molar-refractivity contribution in [2.45, 2.75) is 57.0 Å². The summed E-state index contributed by atoms with van der Waals surface area (Å²) in [6.45, 7) is 2.86. The fraction of sp³-hybridized carbons (Fsp3) is 0.611. The van der Waals surface area contributed by atoms with Crippen molar-refractivity contribution < 1.29 is 9.18 Å². The molecule has 1 aromatic carbocycles. The largest absolute Gasteiger partial charge is 0.339 e. The second-order valence-corrected chi connectivity index (χ2v) is 6.95. The van der Waals surface area contributed by atoms with E-state index in [0.717, 1.165) is 44.2 Å². The lowest BCUT2D eigenvalue weighted by atomic mass is 9.85. The number of carbonyl (C=O) groups is 1. The van der Waals surface area contributed by atoms with E-state index in [2.05, 4.69) is 6.92 Å². The Hall–Kier alpha value is -1.13. The van der Waals surface area contributed by atoms with Gasteiger partial charge in [0.25, 0.3) is 0 Å². The Morgan fingerprint density at radius 2 is 1.91 bits per heavy atom. The lowest BCUT2D eigenvalue weighted by molar-refractivity contribution is -0.137. The van der Waals surface area contributed by atoms with Gasteiger partial charge in [-0.05, 0) is 50.3 Å².